The van der Waals surface area contributed by atoms with Crippen molar-refractivity contribution in [2.75, 3.05) is 10.6 Å². The van der Waals surface area contributed by atoms with Gasteiger partial charge in [0.1, 0.15) is 17.3 Å². The number of anilines is 3. The Labute approximate surface area is 245 Å². The number of rotatable bonds is 8. The maximum Gasteiger partial charge on any atom is 0.435 e. The van der Waals surface area contributed by atoms with Gasteiger partial charge in [-0.2, -0.15) is 27.5 Å². The van der Waals surface area contributed by atoms with E-state index in [0.29, 0.717) is 67.1 Å². The van der Waals surface area contributed by atoms with Gasteiger partial charge in [-0.25, -0.2) is 28.1 Å². The zero-order valence-corrected chi connectivity index (χ0v) is 24.2. The standard InChI is InChI=1S/C27H30F3N9O3S/c1-16-14-38(37-24(16)27(28,29)30)21-13-32-23(11-20(21)34-18-5-8-26(2,40)9-6-18)35-22-7-10-31-25(36-22)17-12-33-39(15-17)43(41,42)19-3-4-19/h7,10-15,18-19,40H,3-6,8-9H2,1-2H3,(H2,31,32,34,35,36). The van der Waals surface area contributed by atoms with Gasteiger partial charge < -0.3 is 15.7 Å². The first-order valence-corrected chi connectivity index (χ1v) is 15.3. The summed E-state index contributed by atoms with van der Waals surface area (Å²) >= 11 is 0. The second kappa shape index (κ2) is 10.6. The third-order valence-corrected chi connectivity index (χ3v) is 9.69. The largest absolute Gasteiger partial charge is 0.435 e. The summed E-state index contributed by atoms with van der Waals surface area (Å²) < 4.78 is 67.6. The highest BCUT2D eigenvalue weighted by Gasteiger charge is 2.38. The SMILES string of the molecule is Cc1cn(-c2cnc(Nc3ccnc(-c4cnn(S(=O)(=O)C5CC5)c4)n3)cc2NC2CCC(C)(O)CC2)nc1C(F)(F)F. The van der Waals surface area contributed by atoms with Crippen LogP contribution in [-0.4, -0.2) is 64.3 Å². The number of hydrogen-bond donors (Lipinski definition) is 3. The molecule has 2 aliphatic carbocycles. The molecule has 0 amide bonds. The summed E-state index contributed by atoms with van der Waals surface area (Å²) in [6, 6.07) is 3.24. The number of pyridine rings is 1. The number of alkyl halides is 3. The van der Waals surface area contributed by atoms with E-state index < -0.39 is 32.7 Å². The Morgan fingerprint density at radius 1 is 1.07 bits per heavy atom. The predicted octanol–water partition coefficient (Wildman–Crippen LogP) is 4.44. The lowest BCUT2D eigenvalue weighted by Crippen LogP contribution is -2.36. The Morgan fingerprint density at radius 3 is 2.49 bits per heavy atom. The number of nitrogens with zero attached hydrogens (tertiary/aromatic N) is 7. The highest BCUT2D eigenvalue weighted by atomic mass is 32.2. The molecule has 2 saturated carbocycles. The van der Waals surface area contributed by atoms with Gasteiger partial charge in [-0.15, -0.1) is 0 Å². The van der Waals surface area contributed by atoms with Gasteiger partial charge in [0.05, 0.1) is 40.7 Å². The van der Waals surface area contributed by atoms with Crippen molar-refractivity contribution in [3.63, 3.8) is 0 Å². The molecule has 4 heterocycles. The van der Waals surface area contributed by atoms with Gasteiger partial charge in [0.25, 0.3) is 10.0 Å². The number of halogens is 3. The molecular formula is C27H30F3N9O3S. The van der Waals surface area contributed by atoms with Gasteiger partial charge in [-0.3, -0.25) is 0 Å². The molecular weight excluding hydrogens is 587 g/mol. The zero-order valence-electron chi connectivity index (χ0n) is 23.4. The van der Waals surface area contributed by atoms with Gasteiger partial charge >= 0.3 is 6.18 Å². The van der Waals surface area contributed by atoms with Gasteiger partial charge in [-0.05, 0) is 64.0 Å². The monoisotopic (exact) mass is 617 g/mol. The van der Waals surface area contributed by atoms with Gasteiger partial charge in [0, 0.05) is 24.5 Å². The van der Waals surface area contributed by atoms with Crippen LogP contribution in [0.15, 0.2) is 43.1 Å². The van der Waals surface area contributed by atoms with Crippen LogP contribution in [0.2, 0.25) is 0 Å². The minimum Gasteiger partial charge on any atom is -0.390 e. The number of aryl methyl sites for hydroxylation is 1. The van der Waals surface area contributed by atoms with Crippen molar-refractivity contribution in [1.29, 1.82) is 0 Å². The van der Waals surface area contributed by atoms with E-state index in [2.05, 4.69) is 35.8 Å². The molecule has 4 aromatic rings. The van der Waals surface area contributed by atoms with Crippen LogP contribution in [0.25, 0.3) is 17.1 Å². The van der Waals surface area contributed by atoms with Crippen molar-refractivity contribution in [1.82, 2.24) is 33.9 Å². The molecule has 12 nitrogen and oxygen atoms in total. The fourth-order valence-corrected chi connectivity index (χ4v) is 6.54. The summed E-state index contributed by atoms with van der Waals surface area (Å²) in [5.41, 5.74) is -0.501. The van der Waals surface area contributed by atoms with E-state index >= 15 is 0 Å². The number of hydrogen-bond acceptors (Lipinski definition) is 10. The Hall–Kier alpha value is -4.05. The first-order valence-electron chi connectivity index (χ1n) is 13.8. The molecule has 43 heavy (non-hydrogen) atoms. The second-order valence-corrected chi connectivity index (χ2v) is 13.4. The van der Waals surface area contributed by atoms with E-state index in [1.165, 1.54) is 37.9 Å². The average molecular weight is 618 g/mol. The lowest BCUT2D eigenvalue weighted by molar-refractivity contribution is -0.141. The summed E-state index contributed by atoms with van der Waals surface area (Å²) in [7, 11) is -3.54. The van der Waals surface area contributed by atoms with Crippen LogP contribution in [0, 0.1) is 6.92 Å². The van der Waals surface area contributed by atoms with E-state index in [1.807, 2.05) is 0 Å². The smallest absolute Gasteiger partial charge is 0.390 e. The van der Waals surface area contributed by atoms with Crippen LogP contribution in [-0.2, 0) is 16.2 Å². The summed E-state index contributed by atoms with van der Waals surface area (Å²) in [6.45, 7) is 3.14. The summed E-state index contributed by atoms with van der Waals surface area (Å²) in [6.07, 6.45) is 6.13. The first kappa shape index (κ1) is 29.0. The summed E-state index contributed by atoms with van der Waals surface area (Å²) in [5.74, 6) is 0.959. The Kier molecular flexibility index (Phi) is 7.15. The van der Waals surface area contributed by atoms with Crippen LogP contribution < -0.4 is 10.6 Å². The van der Waals surface area contributed by atoms with Crippen molar-refractivity contribution in [3.05, 3.63) is 54.4 Å². The molecule has 4 aromatic heterocycles. The highest BCUT2D eigenvalue weighted by Crippen LogP contribution is 2.35. The van der Waals surface area contributed by atoms with Crippen molar-refractivity contribution in [3.8, 4) is 17.1 Å². The molecule has 0 unspecified atom stereocenters. The molecule has 0 aliphatic heterocycles. The Bertz CT molecular complexity index is 1750. The van der Waals surface area contributed by atoms with E-state index in [0.717, 1.165) is 8.77 Å². The molecule has 2 aliphatic rings. The minimum absolute atomic E-state index is 0.0175. The maximum atomic E-state index is 13.5. The third-order valence-electron chi connectivity index (χ3n) is 7.65. The number of nitrogens with one attached hydrogen (secondary N) is 2. The number of aromatic nitrogens is 7. The van der Waals surface area contributed by atoms with E-state index in [9.17, 15) is 26.7 Å². The Balaban J connectivity index is 1.28. The summed E-state index contributed by atoms with van der Waals surface area (Å²) in [4.78, 5) is 13.1. The second-order valence-electron chi connectivity index (χ2n) is 11.3. The fraction of sp³-hybridized carbons (Fsp3) is 0.444. The van der Waals surface area contributed by atoms with Crippen LogP contribution >= 0.6 is 0 Å². The van der Waals surface area contributed by atoms with Crippen molar-refractivity contribution in [2.45, 2.75) is 75.4 Å². The molecule has 6 rings (SSSR count). The topological polar surface area (TPSA) is 153 Å². The van der Waals surface area contributed by atoms with Crippen LogP contribution in [0.4, 0.5) is 30.5 Å². The zero-order chi connectivity index (χ0) is 30.6. The number of aliphatic hydroxyl groups is 1. The predicted molar refractivity (Wildman–Crippen MR) is 151 cm³/mol. The highest BCUT2D eigenvalue weighted by molar-refractivity contribution is 7.90. The van der Waals surface area contributed by atoms with Gasteiger partial charge in [0.15, 0.2) is 11.5 Å². The molecule has 2 fully saturated rings. The van der Waals surface area contributed by atoms with Crippen molar-refractivity contribution >= 4 is 27.3 Å². The van der Waals surface area contributed by atoms with E-state index in [4.69, 9.17) is 0 Å². The average Bonchev–Trinajstić information content (AvgIpc) is 3.55. The molecule has 228 valence electrons. The minimum atomic E-state index is -4.60. The molecule has 0 spiro atoms. The van der Waals surface area contributed by atoms with Crippen LogP contribution in [0.1, 0.15) is 56.7 Å². The van der Waals surface area contributed by atoms with Crippen molar-refractivity contribution < 1.29 is 26.7 Å². The molecule has 0 atom stereocenters. The normalized spacial score (nSPS) is 21.1. The van der Waals surface area contributed by atoms with Gasteiger partial charge in [0.2, 0.25) is 0 Å². The first-order chi connectivity index (χ1) is 20.3. The molecule has 0 saturated heterocycles. The van der Waals surface area contributed by atoms with E-state index in [1.54, 1.807) is 19.1 Å². The van der Waals surface area contributed by atoms with Crippen LogP contribution in [0.3, 0.4) is 0 Å². The quantitative estimate of drug-likeness (QED) is 0.259. The molecule has 0 aromatic carbocycles. The van der Waals surface area contributed by atoms with Crippen LogP contribution in [0.5, 0.6) is 0 Å². The molecule has 0 radical (unpaired) electrons. The molecule has 0 bridgehead atoms. The van der Waals surface area contributed by atoms with E-state index in [-0.39, 0.29) is 17.4 Å². The summed E-state index contributed by atoms with van der Waals surface area (Å²) in [5, 5.41) is 24.2. The lowest BCUT2D eigenvalue weighted by atomic mass is 9.83. The third kappa shape index (κ3) is 6.20. The fourth-order valence-electron chi connectivity index (χ4n) is 5.06. The maximum absolute atomic E-state index is 13.5. The Morgan fingerprint density at radius 2 is 1.81 bits per heavy atom. The lowest BCUT2D eigenvalue weighted by Gasteiger charge is -2.34. The van der Waals surface area contributed by atoms with Crippen molar-refractivity contribution in [2.24, 2.45) is 0 Å². The van der Waals surface area contributed by atoms with Gasteiger partial charge in [-0.1, -0.05) is 0 Å². The molecule has 3 N–H and O–H groups in total. The molecule has 16 heteroatoms.